The summed E-state index contributed by atoms with van der Waals surface area (Å²) in [5.41, 5.74) is 3.09. The molecule has 0 atom stereocenters. The molecule has 0 saturated carbocycles. The molecule has 0 fully saturated rings. The first-order valence-electron chi connectivity index (χ1n) is 8.18. The maximum absolute atomic E-state index is 6.18. The first-order chi connectivity index (χ1) is 12.2. The van der Waals surface area contributed by atoms with Gasteiger partial charge in [0.15, 0.2) is 5.82 Å². The highest BCUT2D eigenvalue weighted by Crippen LogP contribution is 2.25. The molecule has 5 nitrogen and oxygen atoms in total. The van der Waals surface area contributed by atoms with Crippen molar-refractivity contribution in [2.24, 2.45) is 0 Å². The predicted octanol–water partition coefficient (Wildman–Crippen LogP) is 4.60. The third kappa shape index (κ3) is 4.25. The van der Waals surface area contributed by atoms with Gasteiger partial charge in [0.25, 0.3) is 0 Å². The topological polar surface area (TPSA) is 53.9 Å². The highest BCUT2D eigenvalue weighted by Gasteiger charge is 2.11. The highest BCUT2D eigenvalue weighted by molar-refractivity contribution is 6.31. The summed E-state index contributed by atoms with van der Waals surface area (Å²) in [6.07, 6.45) is 1.61. The van der Waals surface area contributed by atoms with Crippen LogP contribution in [0.4, 0.5) is 17.5 Å². The lowest BCUT2D eigenvalue weighted by Gasteiger charge is -2.21. The molecule has 3 rings (SSSR count). The Balaban J connectivity index is 1.81. The molecular formula is C19H20ClN5. The van der Waals surface area contributed by atoms with Crippen molar-refractivity contribution in [3.63, 3.8) is 0 Å². The van der Waals surface area contributed by atoms with Crippen molar-refractivity contribution < 1.29 is 0 Å². The molecule has 1 aromatic heterocycles. The SMILES string of the molecule is CCN(Cc1ccccc1)c1nncc(Nc2cccc(Cl)c2C)n1. The smallest absolute Gasteiger partial charge is 0.247 e. The zero-order chi connectivity index (χ0) is 17.6. The quantitative estimate of drug-likeness (QED) is 0.701. The van der Waals surface area contributed by atoms with Crippen LogP contribution in [0.3, 0.4) is 0 Å². The Morgan fingerprint density at radius 1 is 1.08 bits per heavy atom. The fraction of sp³-hybridized carbons (Fsp3) is 0.211. The summed E-state index contributed by atoms with van der Waals surface area (Å²) >= 11 is 6.18. The molecule has 128 valence electrons. The number of nitrogens with one attached hydrogen (secondary N) is 1. The molecule has 0 aliphatic carbocycles. The standard InChI is InChI=1S/C19H20ClN5/c1-3-25(13-15-8-5-4-6-9-15)19-23-18(12-21-24-19)22-17-11-7-10-16(20)14(17)2/h4-12H,3,13H2,1-2H3,(H,22,23,24). The molecule has 0 amide bonds. The van der Waals surface area contributed by atoms with E-state index in [0.717, 1.165) is 24.3 Å². The molecule has 1 N–H and O–H groups in total. The summed E-state index contributed by atoms with van der Waals surface area (Å²) in [4.78, 5) is 6.69. The van der Waals surface area contributed by atoms with Crippen molar-refractivity contribution >= 4 is 29.1 Å². The molecule has 0 aliphatic heterocycles. The number of nitrogens with zero attached hydrogens (tertiary/aromatic N) is 4. The van der Waals surface area contributed by atoms with Crippen molar-refractivity contribution in [2.45, 2.75) is 20.4 Å². The maximum atomic E-state index is 6.18. The predicted molar refractivity (Wildman–Crippen MR) is 102 cm³/mol. The van der Waals surface area contributed by atoms with Gasteiger partial charge in [-0.1, -0.05) is 48.0 Å². The lowest BCUT2D eigenvalue weighted by Crippen LogP contribution is -2.24. The summed E-state index contributed by atoms with van der Waals surface area (Å²) in [6.45, 7) is 5.57. The summed E-state index contributed by atoms with van der Waals surface area (Å²) in [5, 5.41) is 12.3. The minimum absolute atomic E-state index is 0.594. The lowest BCUT2D eigenvalue weighted by molar-refractivity contribution is 0.771. The van der Waals surface area contributed by atoms with E-state index in [-0.39, 0.29) is 0 Å². The van der Waals surface area contributed by atoms with Crippen LogP contribution in [0.1, 0.15) is 18.1 Å². The van der Waals surface area contributed by atoms with Crippen LogP contribution in [-0.4, -0.2) is 21.7 Å². The minimum atomic E-state index is 0.594. The van der Waals surface area contributed by atoms with Gasteiger partial charge in [0.05, 0.1) is 6.20 Å². The Morgan fingerprint density at radius 3 is 2.64 bits per heavy atom. The van der Waals surface area contributed by atoms with Crippen LogP contribution in [0, 0.1) is 6.92 Å². The van der Waals surface area contributed by atoms with Crippen molar-refractivity contribution in [1.82, 2.24) is 15.2 Å². The average molecular weight is 354 g/mol. The van der Waals surface area contributed by atoms with E-state index in [1.807, 2.05) is 43.3 Å². The zero-order valence-corrected chi connectivity index (χ0v) is 15.0. The van der Waals surface area contributed by atoms with Crippen LogP contribution in [-0.2, 0) is 6.54 Å². The first kappa shape index (κ1) is 17.2. The van der Waals surface area contributed by atoms with Crippen molar-refractivity contribution in [1.29, 1.82) is 0 Å². The molecule has 1 heterocycles. The molecule has 0 aliphatic rings. The number of halogens is 1. The molecule has 0 spiro atoms. The minimum Gasteiger partial charge on any atom is -0.339 e. The molecule has 25 heavy (non-hydrogen) atoms. The van der Waals surface area contributed by atoms with Crippen molar-refractivity contribution in [2.75, 3.05) is 16.8 Å². The summed E-state index contributed by atoms with van der Waals surface area (Å²) in [5.74, 6) is 1.23. The zero-order valence-electron chi connectivity index (χ0n) is 14.3. The van der Waals surface area contributed by atoms with Crippen LogP contribution in [0.25, 0.3) is 0 Å². The second-order valence-electron chi connectivity index (χ2n) is 5.68. The largest absolute Gasteiger partial charge is 0.339 e. The monoisotopic (exact) mass is 353 g/mol. The number of hydrogen-bond donors (Lipinski definition) is 1. The van der Waals surface area contributed by atoms with Crippen LogP contribution in [0.5, 0.6) is 0 Å². The summed E-state index contributed by atoms with van der Waals surface area (Å²) in [6, 6.07) is 16.0. The number of aromatic nitrogens is 3. The van der Waals surface area contributed by atoms with Gasteiger partial charge in [-0.15, -0.1) is 5.10 Å². The summed E-state index contributed by atoms with van der Waals surface area (Å²) < 4.78 is 0. The van der Waals surface area contributed by atoms with E-state index in [1.54, 1.807) is 6.20 Å². The van der Waals surface area contributed by atoms with Crippen LogP contribution < -0.4 is 10.2 Å². The third-order valence-corrected chi connectivity index (χ3v) is 4.37. The van der Waals surface area contributed by atoms with E-state index in [0.29, 0.717) is 16.8 Å². The van der Waals surface area contributed by atoms with Gasteiger partial charge >= 0.3 is 0 Å². The van der Waals surface area contributed by atoms with Crippen molar-refractivity contribution in [3.05, 3.63) is 70.9 Å². The number of benzene rings is 2. The molecule has 2 aromatic carbocycles. The molecule has 0 saturated heterocycles. The van der Waals surface area contributed by atoms with E-state index < -0.39 is 0 Å². The normalized spacial score (nSPS) is 10.5. The highest BCUT2D eigenvalue weighted by atomic mass is 35.5. The fourth-order valence-electron chi connectivity index (χ4n) is 2.50. The Morgan fingerprint density at radius 2 is 1.88 bits per heavy atom. The molecule has 0 radical (unpaired) electrons. The Labute approximate surface area is 152 Å². The van der Waals surface area contributed by atoms with E-state index in [1.165, 1.54) is 5.56 Å². The van der Waals surface area contributed by atoms with E-state index in [9.17, 15) is 0 Å². The number of anilines is 3. The third-order valence-electron chi connectivity index (χ3n) is 3.96. The second kappa shape index (κ2) is 7.94. The molecule has 3 aromatic rings. The Bertz CT molecular complexity index is 838. The van der Waals surface area contributed by atoms with Gasteiger partial charge < -0.3 is 10.2 Å². The summed E-state index contributed by atoms with van der Waals surface area (Å²) in [7, 11) is 0. The molecule has 0 bridgehead atoms. The van der Waals surface area contributed by atoms with Crippen molar-refractivity contribution in [3.8, 4) is 0 Å². The molecular weight excluding hydrogens is 334 g/mol. The van der Waals surface area contributed by atoms with Gasteiger partial charge in [0.1, 0.15) is 0 Å². The lowest BCUT2D eigenvalue weighted by atomic mass is 10.2. The van der Waals surface area contributed by atoms with Gasteiger partial charge in [-0.05, 0) is 37.1 Å². The van der Waals surface area contributed by atoms with Gasteiger partial charge in [-0.3, -0.25) is 0 Å². The van der Waals surface area contributed by atoms with E-state index in [2.05, 4.69) is 44.5 Å². The van der Waals surface area contributed by atoms with E-state index >= 15 is 0 Å². The number of rotatable bonds is 6. The van der Waals surface area contributed by atoms with Crippen LogP contribution >= 0.6 is 11.6 Å². The van der Waals surface area contributed by atoms with E-state index in [4.69, 9.17) is 11.6 Å². The molecule has 0 unspecified atom stereocenters. The van der Waals surface area contributed by atoms with Gasteiger partial charge in [-0.25, -0.2) is 0 Å². The van der Waals surface area contributed by atoms with Gasteiger partial charge in [0, 0.05) is 23.8 Å². The number of hydrogen-bond acceptors (Lipinski definition) is 5. The van der Waals surface area contributed by atoms with Crippen LogP contribution in [0.2, 0.25) is 5.02 Å². The Hall–Kier alpha value is -2.66. The van der Waals surface area contributed by atoms with Gasteiger partial charge in [-0.2, -0.15) is 10.1 Å². The van der Waals surface area contributed by atoms with Crippen LogP contribution in [0.15, 0.2) is 54.7 Å². The van der Waals surface area contributed by atoms with Gasteiger partial charge in [0.2, 0.25) is 5.95 Å². The molecule has 6 heteroatoms. The Kier molecular flexibility index (Phi) is 5.46. The first-order valence-corrected chi connectivity index (χ1v) is 8.56. The fourth-order valence-corrected chi connectivity index (χ4v) is 2.67. The maximum Gasteiger partial charge on any atom is 0.247 e. The average Bonchev–Trinajstić information content (AvgIpc) is 2.64. The second-order valence-corrected chi connectivity index (χ2v) is 6.09.